The van der Waals surface area contributed by atoms with Crippen LogP contribution in [0.25, 0.3) is 0 Å². The lowest BCUT2D eigenvalue weighted by Crippen LogP contribution is -2.58. The van der Waals surface area contributed by atoms with Crippen LogP contribution in [-0.4, -0.2) is 39.0 Å². The van der Waals surface area contributed by atoms with Crippen molar-refractivity contribution in [2.45, 2.75) is 77.1 Å². The molecule has 2 N–H and O–H groups in total. The van der Waals surface area contributed by atoms with Gasteiger partial charge in [-0.25, -0.2) is 4.79 Å². The summed E-state index contributed by atoms with van der Waals surface area (Å²) in [6, 6.07) is 1.53. The van der Waals surface area contributed by atoms with Crippen molar-refractivity contribution >= 4 is 12.0 Å². The van der Waals surface area contributed by atoms with E-state index in [0.29, 0.717) is 6.54 Å². The average molecular weight is 336 g/mol. The third-order valence-electron chi connectivity index (χ3n) is 3.99. The Bertz CT molecular complexity index is 559. The molecule has 2 rings (SSSR count). The van der Waals surface area contributed by atoms with Crippen molar-refractivity contribution in [3.63, 3.8) is 0 Å². The predicted molar refractivity (Wildman–Crippen MR) is 90.4 cm³/mol. The van der Waals surface area contributed by atoms with Crippen molar-refractivity contribution in [3.8, 4) is 0 Å². The third-order valence-corrected chi connectivity index (χ3v) is 3.99. The van der Waals surface area contributed by atoms with Gasteiger partial charge in [0.15, 0.2) is 0 Å². The number of nitrogens with zero attached hydrogens (tertiary/aromatic N) is 2. The number of hydrogen-bond acceptors (Lipinski definition) is 4. The molecule has 1 saturated carbocycles. The fourth-order valence-corrected chi connectivity index (χ4v) is 2.84. The van der Waals surface area contributed by atoms with Gasteiger partial charge in [0.05, 0.1) is 18.5 Å². The number of urea groups is 1. The molecule has 2 amide bonds. The average Bonchev–Trinajstić information content (AvgIpc) is 2.86. The molecule has 1 aliphatic rings. The molecule has 1 aromatic rings. The molecular formula is C17H28N4O3. The van der Waals surface area contributed by atoms with E-state index < -0.39 is 11.1 Å². The molecule has 1 unspecified atom stereocenters. The number of esters is 1. The Balaban J connectivity index is 1.82. The van der Waals surface area contributed by atoms with E-state index in [0.717, 1.165) is 19.3 Å². The lowest BCUT2D eigenvalue weighted by Gasteiger charge is -2.42. The summed E-state index contributed by atoms with van der Waals surface area (Å²) in [6.07, 6.45) is 6.38. The molecule has 1 atom stereocenters. The third kappa shape index (κ3) is 5.54. The van der Waals surface area contributed by atoms with Gasteiger partial charge in [-0.3, -0.25) is 9.48 Å². The smallest absolute Gasteiger partial charge is 0.315 e. The lowest BCUT2D eigenvalue weighted by molar-refractivity contribution is -0.157. The number of ether oxygens (including phenoxy) is 1. The Hall–Kier alpha value is -2.05. The Morgan fingerprint density at radius 3 is 2.58 bits per heavy atom. The number of carbonyl (C=O) groups is 2. The SMILES string of the molecule is CC(Cn1cccn1)NC(=O)NC1(CC(=O)OC(C)(C)C)CCC1. The molecule has 7 nitrogen and oxygen atoms in total. The molecule has 0 spiro atoms. The van der Waals surface area contributed by atoms with E-state index in [1.807, 2.05) is 40.0 Å². The summed E-state index contributed by atoms with van der Waals surface area (Å²) in [7, 11) is 0. The van der Waals surface area contributed by atoms with E-state index >= 15 is 0 Å². The van der Waals surface area contributed by atoms with Crippen LogP contribution in [0.15, 0.2) is 18.5 Å². The highest BCUT2D eigenvalue weighted by Crippen LogP contribution is 2.35. The molecule has 24 heavy (non-hydrogen) atoms. The maximum Gasteiger partial charge on any atom is 0.315 e. The van der Waals surface area contributed by atoms with E-state index in [4.69, 9.17) is 4.74 Å². The van der Waals surface area contributed by atoms with Gasteiger partial charge in [0.25, 0.3) is 0 Å². The van der Waals surface area contributed by atoms with Crippen molar-refractivity contribution in [2.24, 2.45) is 0 Å². The minimum Gasteiger partial charge on any atom is -0.460 e. The van der Waals surface area contributed by atoms with Gasteiger partial charge in [-0.15, -0.1) is 0 Å². The highest BCUT2D eigenvalue weighted by Gasteiger charge is 2.41. The number of carbonyl (C=O) groups excluding carboxylic acids is 2. The zero-order chi connectivity index (χ0) is 17.8. The van der Waals surface area contributed by atoms with Crippen molar-refractivity contribution in [1.82, 2.24) is 20.4 Å². The molecule has 1 aromatic heterocycles. The van der Waals surface area contributed by atoms with Crippen LogP contribution < -0.4 is 10.6 Å². The van der Waals surface area contributed by atoms with Crippen molar-refractivity contribution in [3.05, 3.63) is 18.5 Å². The van der Waals surface area contributed by atoms with Gasteiger partial charge < -0.3 is 15.4 Å². The molecule has 0 aromatic carbocycles. The molecular weight excluding hydrogens is 308 g/mol. The quantitative estimate of drug-likeness (QED) is 0.780. The van der Waals surface area contributed by atoms with Gasteiger partial charge >= 0.3 is 12.0 Å². The fraction of sp³-hybridized carbons (Fsp3) is 0.706. The predicted octanol–water partition coefficient (Wildman–Crippen LogP) is 2.23. The molecule has 0 saturated heterocycles. The Morgan fingerprint density at radius 2 is 2.08 bits per heavy atom. The van der Waals surface area contributed by atoms with E-state index in [1.54, 1.807) is 10.9 Å². The van der Waals surface area contributed by atoms with Gasteiger partial charge in [-0.05, 0) is 53.0 Å². The monoisotopic (exact) mass is 336 g/mol. The number of rotatable bonds is 6. The first-order valence-corrected chi connectivity index (χ1v) is 8.45. The standard InChI is InChI=1S/C17H28N4O3/c1-13(12-21-10-6-9-18-21)19-15(23)20-17(7-5-8-17)11-14(22)24-16(2,3)4/h6,9-10,13H,5,7-8,11-12H2,1-4H3,(H2,19,20,23). The lowest BCUT2D eigenvalue weighted by atomic mass is 9.74. The highest BCUT2D eigenvalue weighted by atomic mass is 16.6. The molecule has 1 fully saturated rings. The zero-order valence-corrected chi connectivity index (χ0v) is 15.0. The summed E-state index contributed by atoms with van der Waals surface area (Å²) in [5, 5.41) is 10.00. The topological polar surface area (TPSA) is 85.3 Å². The van der Waals surface area contributed by atoms with E-state index in [9.17, 15) is 9.59 Å². The number of aromatic nitrogens is 2. The van der Waals surface area contributed by atoms with Crippen LogP contribution in [0.5, 0.6) is 0 Å². The van der Waals surface area contributed by atoms with Crippen molar-refractivity contribution < 1.29 is 14.3 Å². The number of nitrogens with one attached hydrogen (secondary N) is 2. The van der Waals surface area contributed by atoms with Crippen LogP contribution in [0.2, 0.25) is 0 Å². The van der Waals surface area contributed by atoms with E-state index in [-0.39, 0.29) is 24.5 Å². The van der Waals surface area contributed by atoms with Crippen LogP contribution in [0.1, 0.15) is 53.4 Å². The fourth-order valence-electron chi connectivity index (χ4n) is 2.84. The molecule has 0 aliphatic heterocycles. The summed E-state index contributed by atoms with van der Waals surface area (Å²) < 4.78 is 7.15. The van der Waals surface area contributed by atoms with Crippen LogP contribution in [0, 0.1) is 0 Å². The Labute approximate surface area is 143 Å². The maximum absolute atomic E-state index is 12.3. The molecule has 1 aliphatic carbocycles. The summed E-state index contributed by atoms with van der Waals surface area (Å²) in [4.78, 5) is 24.3. The summed E-state index contributed by atoms with van der Waals surface area (Å²) in [5.41, 5.74) is -0.986. The minimum absolute atomic E-state index is 0.0662. The number of hydrogen-bond donors (Lipinski definition) is 2. The van der Waals surface area contributed by atoms with Crippen LogP contribution in [-0.2, 0) is 16.1 Å². The van der Waals surface area contributed by atoms with Crippen molar-refractivity contribution in [1.29, 1.82) is 0 Å². The maximum atomic E-state index is 12.3. The molecule has 0 radical (unpaired) electrons. The summed E-state index contributed by atoms with van der Waals surface area (Å²) in [6.45, 7) is 8.04. The highest BCUT2D eigenvalue weighted by molar-refractivity contribution is 5.78. The zero-order valence-electron chi connectivity index (χ0n) is 15.0. The summed E-state index contributed by atoms with van der Waals surface area (Å²) >= 11 is 0. The van der Waals surface area contributed by atoms with Gasteiger partial charge in [-0.2, -0.15) is 5.10 Å². The molecule has 1 heterocycles. The van der Waals surface area contributed by atoms with E-state index in [2.05, 4.69) is 15.7 Å². The Morgan fingerprint density at radius 1 is 1.38 bits per heavy atom. The largest absolute Gasteiger partial charge is 0.460 e. The van der Waals surface area contributed by atoms with Crippen LogP contribution >= 0.6 is 0 Å². The van der Waals surface area contributed by atoms with Gasteiger partial charge in [0, 0.05) is 18.4 Å². The second kappa shape index (κ2) is 7.23. The van der Waals surface area contributed by atoms with E-state index in [1.165, 1.54) is 0 Å². The first kappa shape index (κ1) is 18.3. The second-order valence-corrected chi connectivity index (χ2v) is 7.62. The van der Waals surface area contributed by atoms with Crippen LogP contribution in [0.4, 0.5) is 4.79 Å². The van der Waals surface area contributed by atoms with Gasteiger partial charge in [0.2, 0.25) is 0 Å². The second-order valence-electron chi connectivity index (χ2n) is 7.62. The van der Waals surface area contributed by atoms with Gasteiger partial charge in [0.1, 0.15) is 5.60 Å². The number of amides is 2. The van der Waals surface area contributed by atoms with Crippen molar-refractivity contribution in [2.75, 3.05) is 0 Å². The Kier molecular flexibility index (Phi) is 5.51. The molecule has 7 heteroatoms. The van der Waals surface area contributed by atoms with Crippen LogP contribution in [0.3, 0.4) is 0 Å². The molecule has 134 valence electrons. The normalized spacial score (nSPS) is 17.5. The van der Waals surface area contributed by atoms with Gasteiger partial charge in [-0.1, -0.05) is 0 Å². The first-order chi connectivity index (χ1) is 11.2. The molecule has 0 bridgehead atoms. The summed E-state index contributed by atoms with van der Waals surface area (Å²) in [5.74, 6) is -0.271. The minimum atomic E-state index is -0.511. The first-order valence-electron chi connectivity index (χ1n) is 8.45.